The Morgan fingerprint density at radius 2 is 2.14 bits per heavy atom. The van der Waals surface area contributed by atoms with Crippen LogP contribution >= 0.6 is 0 Å². The Morgan fingerprint density at radius 3 is 2.68 bits per heavy atom. The minimum Gasteiger partial charge on any atom is -0.355 e. The number of fused-ring (bicyclic) bond motifs is 2. The van der Waals surface area contributed by atoms with Gasteiger partial charge >= 0.3 is 0 Å². The number of hydrogen-bond acceptors (Lipinski definition) is 3. The van der Waals surface area contributed by atoms with Gasteiger partial charge in [-0.1, -0.05) is 13.8 Å². The van der Waals surface area contributed by atoms with E-state index in [-0.39, 0.29) is 76.4 Å². The predicted molar refractivity (Wildman–Crippen MR) is 76.3 cm³/mol. The molecule has 1 atom stereocenters. The van der Waals surface area contributed by atoms with Gasteiger partial charge in [-0.2, -0.15) is 0 Å². The van der Waals surface area contributed by atoms with Crippen LogP contribution in [0.3, 0.4) is 0 Å². The van der Waals surface area contributed by atoms with Crippen molar-refractivity contribution < 1.29 is 58.6 Å². The first-order valence-corrected chi connectivity index (χ1v) is 6.61. The molecule has 3 rings (SSSR count). The molecule has 115 valence electrons. The normalized spacial score (nSPS) is 16.8. The number of carbonyl (C=O) groups is 1. The molecule has 0 bridgehead atoms. The second-order valence-electron chi connectivity index (χ2n) is 6.14. The number of carbonyl (C=O) groups excluding carboxylic acids is 1. The maximum Gasteiger partial charge on any atom is 0.277 e. The molecule has 0 spiro atoms. The van der Waals surface area contributed by atoms with Crippen LogP contribution < -0.4 is 5.56 Å². The Kier molecular flexibility index (Phi) is 6.03. The van der Waals surface area contributed by atoms with Crippen molar-refractivity contribution in [3.8, 4) is 0 Å². The van der Waals surface area contributed by atoms with Gasteiger partial charge in [0.25, 0.3) is 5.56 Å². The molecule has 1 radical (unpaired) electrons. The summed E-state index contributed by atoms with van der Waals surface area (Å²) in [5, 5.41) is 0. The second-order valence-corrected chi connectivity index (χ2v) is 6.14. The third-order valence-corrected chi connectivity index (χ3v) is 3.83. The van der Waals surface area contributed by atoms with Gasteiger partial charge in [-0.25, -0.2) is 4.98 Å². The van der Waals surface area contributed by atoms with Crippen LogP contribution in [0.5, 0.6) is 0 Å². The number of nitrogens with zero attached hydrogens (tertiary/aromatic N) is 2. The Hall–Kier alpha value is -0.248. The monoisotopic (exact) mass is 544 g/mol. The molecule has 22 heavy (non-hydrogen) atoms. The van der Waals surface area contributed by atoms with Crippen LogP contribution in [-0.4, -0.2) is 20.3 Å². The van der Waals surface area contributed by atoms with Crippen LogP contribution in [-0.2, 0) is 76.9 Å². The maximum absolute atomic E-state index is 12.5. The van der Waals surface area contributed by atoms with E-state index in [9.17, 15) is 9.59 Å². The van der Waals surface area contributed by atoms with E-state index in [2.05, 4.69) is 23.8 Å². The van der Waals surface area contributed by atoms with Crippen LogP contribution in [0, 0.1) is 19.8 Å². The average molecular weight is 544 g/mol. The average Bonchev–Trinajstić information content (AvgIpc) is 2.91. The molecule has 3 heterocycles. The van der Waals surface area contributed by atoms with E-state index in [1.807, 2.05) is 19.9 Å². The minimum absolute atomic E-state index is 0. The molecule has 0 aromatic carbocycles. The molecule has 1 N–H and O–H groups in total. The number of ketones is 1. The van der Waals surface area contributed by atoms with Crippen molar-refractivity contribution in [2.75, 3.05) is 0 Å². The number of aromatic nitrogens is 3. The van der Waals surface area contributed by atoms with Gasteiger partial charge in [0, 0.05) is 78.4 Å². The molecular formula is C15H17N3O2WY-2. The van der Waals surface area contributed by atoms with Gasteiger partial charge in [-0.15, -0.1) is 5.41 Å². The molecule has 0 saturated carbocycles. The topological polar surface area (TPSA) is 67.8 Å². The molecule has 1 aliphatic rings. The van der Waals surface area contributed by atoms with E-state index in [4.69, 9.17) is 0 Å². The van der Waals surface area contributed by atoms with Gasteiger partial charge in [-0.3, -0.25) is 9.36 Å². The summed E-state index contributed by atoms with van der Waals surface area (Å²) in [5.41, 5.74) is 1.58. The van der Waals surface area contributed by atoms with Gasteiger partial charge in [0.2, 0.25) is 0 Å². The summed E-state index contributed by atoms with van der Waals surface area (Å²) in [6.45, 7) is 11.8. The molecule has 2 aromatic rings. The summed E-state index contributed by atoms with van der Waals surface area (Å²) in [6, 6.07) is 1.86. The third-order valence-electron chi connectivity index (χ3n) is 3.83. The van der Waals surface area contributed by atoms with Crippen molar-refractivity contribution in [3.05, 3.63) is 41.8 Å². The Morgan fingerprint density at radius 1 is 1.50 bits per heavy atom. The van der Waals surface area contributed by atoms with Crippen molar-refractivity contribution in [3.63, 3.8) is 0 Å². The molecular weight excluding hydrogens is 527 g/mol. The number of rotatable bonds is 2. The van der Waals surface area contributed by atoms with Gasteiger partial charge in [0.15, 0.2) is 0 Å². The quantitative estimate of drug-likeness (QED) is 0.583. The number of H-pyrrole nitrogens is 1. The van der Waals surface area contributed by atoms with E-state index in [1.54, 1.807) is 4.57 Å². The van der Waals surface area contributed by atoms with Crippen LogP contribution in [0.15, 0.2) is 10.9 Å². The van der Waals surface area contributed by atoms with E-state index < -0.39 is 0 Å². The van der Waals surface area contributed by atoms with E-state index >= 15 is 0 Å². The van der Waals surface area contributed by atoms with Crippen LogP contribution in [0.25, 0.3) is 11.0 Å². The molecule has 0 amide bonds. The molecule has 1 aliphatic heterocycles. The summed E-state index contributed by atoms with van der Waals surface area (Å²) in [6.07, 6.45) is 0.488. The summed E-state index contributed by atoms with van der Waals surface area (Å²) < 4.78 is 1.58. The molecule has 0 unspecified atom stereocenters. The summed E-state index contributed by atoms with van der Waals surface area (Å²) in [5.74, 6) is 0.292. The SMILES string of the molecule is [CH2-]C(=O)[C@@H]1Cc2nc3cc(C([CH2-])(C)C)[nH]c3c(=O)n2C1.[W].[Y]. The first-order chi connectivity index (χ1) is 9.27. The summed E-state index contributed by atoms with van der Waals surface area (Å²) in [4.78, 5) is 31.5. The predicted octanol–water partition coefficient (Wildman–Crippen LogP) is 1.41. The fraction of sp³-hybridized carbons (Fsp3) is 0.400. The number of aromatic amines is 1. The van der Waals surface area contributed by atoms with E-state index in [1.165, 1.54) is 0 Å². The fourth-order valence-corrected chi connectivity index (χ4v) is 2.58. The summed E-state index contributed by atoms with van der Waals surface area (Å²) >= 11 is 0. The van der Waals surface area contributed by atoms with E-state index in [0.29, 0.717) is 29.8 Å². The molecule has 2 aromatic heterocycles. The minimum atomic E-state index is -0.311. The zero-order valence-electron chi connectivity index (χ0n) is 12.7. The standard InChI is InChI=1S/C15H17N3O2.W.Y/c1-8(19)9-5-12-16-10-6-11(15(2,3)4)17-13(10)14(20)18(12)7-9;;/h6,9,17H,1-2,5,7H2,3-4H3;;/q-2;;/t9-;;/m1../s1. The van der Waals surface area contributed by atoms with Crippen molar-refractivity contribution in [2.24, 2.45) is 5.92 Å². The number of hydrogen-bond donors (Lipinski definition) is 1. The number of nitrogens with one attached hydrogen (secondary N) is 1. The second kappa shape index (κ2) is 6.70. The molecule has 0 saturated heterocycles. The largest absolute Gasteiger partial charge is 0.355 e. The maximum atomic E-state index is 12.5. The molecule has 5 nitrogen and oxygen atoms in total. The van der Waals surface area contributed by atoms with Crippen molar-refractivity contribution in [2.45, 2.75) is 32.2 Å². The number of Topliss-reactive ketones (excluding diaryl/α,β-unsaturated/α-hetero) is 1. The smallest absolute Gasteiger partial charge is 0.277 e. The first-order valence-electron chi connectivity index (χ1n) is 6.61. The van der Waals surface area contributed by atoms with Crippen LogP contribution in [0.1, 0.15) is 25.4 Å². The van der Waals surface area contributed by atoms with Crippen LogP contribution in [0.4, 0.5) is 0 Å². The Balaban J connectivity index is 0.00000121. The van der Waals surface area contributed by atoms with Crippen LogP contribution in [0.2, 0.25) is 0 Å². The summed E-state index contributed by atoms with van der Waals surface area (Å²) in [7, 11) is 0. The van der Waals surface area contributed by atoms with Crippen molar-refractivity contribution >= 4 is 16.8 Å². The Bertz CT molecular complexity index is 773. The van der Waals surface area contributed by atoms with Crippen molar-refractivity contribution in [1.29, 1.82) is 0 Å². The van der Waals surface area contributed by atoms with Gasteiger partial charge in [-0.05, 0) is 11.8 Å². The fourth-order valence-electron chi connectivity index (χ4n) is 2.58. The van der Waals surface area contributed by atoms with Gasteiger partial charge < -0.3 is 23.6 Å². The first kappa shape index (κ1) is 19.8. The van der Waals surface area contributed by atoms with Crippen molar-refractivity contribution in [1.82, 2.24) is 14.5 Å². The Labute approximate surface area is 168 Å². The zero-order valence-corrected chi connectivity index (χ0v) is 18.5. The molecule has 0 fully saturated rings. The van der Waals surface area contributed by atoms with Gasteiger partial charge in [0.1, 0.15) is 11.3 Å². The molecule has 7 heteroatoms. The van der Waals surface area contributed by atoms with E-state index in [0.717, 1.165) is 5.69 Å². The van der Waals surface area contributed by atoms with Gasteiger partial charge in [0.05, 0.1) is 5.52 Å². The molecule has 0 aliphatic carbocycles. The third kappa shape index (κ3) is 3.32. The zero-order chi connectivity index (χ0) is 14.7.